The molecule has 0 spiro atoms. The Bertz CT molecular complexity index is 415. The van der Waals surface area contributed by atoms with Crippen molar-refractivity contribution >= 4 is 5.97 Å². The normalized spacial score (nSPS) is 10.2. The van der Waals surface area contributed by atoms with Crippen molar-refractivity contribution in [1.29, 1.82) is 0 Å². The number of carbonyl (C=O) groups excluding carboxylic acids is 1. The Morgan fingerprint density at radius 2 is 1.70 bits per heavy atom. The van der Waals surface area contributed by atoms with E-state index in [1.807, 2.05) is 0 Å². The lowest BCUT2D eigenvalue weighted by molar-refractivity contribution is 0.0497. The number of hydrogen-bond acceptors (Lipinski definition) is 4. The summed E-state index contributed by atoms with van der Waals surface area (Å²) in [6.07, 6.45) is 5.67. The predicted molar refractivity (Wildman–Crippen MR) is 78.6 cm³/mol. The quantitative estimate of drug-likeness (QED) is 0.509. The van der Waals surface area contributed by atoms with Gasteiger partial charge in [0.15, 0.2) is 11.5 Å². The van der Waals surface area contributed by atoms with Crippen molar-refractivity contribution in [2.24, 2.45) is 0 Å². The van der Waals surface area contributed by atoms with Crippen molar-refractivity contribution in [3.63, 3.8) is 0 Å². The Labute approximate surface area is 121 Å². The molecule has 1 aromatic rings. The highest BCUT2D eigenvalue weighted by molar-refractivity contribution is 5.90. The van der Waals surface area contributed by atoms with Gasteiger partial charge in [0, 0.05) is 0 Å². The predicted octanol–water partition coefficient (Wildman–Crippen LogP) is 3.83. The number of hydrogen-bond donors (Lipinski definition) is 0. The molecule has 0 N–H and O–H groups in total. The first-order valence-corrected chi connectivity index (χ1v) is 7.12. The molecule has 20 heavy (non-hydrogen) atoms. The monoisotopic (exact) mass is 280 g/mol. The van der Waals surface area contributed by atoms with Gasteiger partial charge in [-0.2, -0.15) is 0 Å². The van der Waals surface area contributed by atoms with E-state index < -0.39 is 0 Å². The van der Waals surface area contributed by atoms with Crippen molar-refractivity contribution < 1.29 is 19.0 Å². The second kappa shape index (κ2) is 9.23. The van der Waals surface area contributed by atoms with Crippen LogP contribution in [0.15, 0.2) is 18.2 Å². The van der Waals surface area contributed by atoms with E-state index in [1.165, 1.54) is 19.3 Å². The van der Waals surface area contributed by atoms with E-state index >= 15 is 0 Å². The van der Waals surface area contributed by atoms with Crippen LogP contribution in [-0.4, -0.2) is 26.8 Å². The molecule has 4 heteroatoms. The number of ether oxygens (including phenoxy) is 3. The van der Waals surface area contributed by atoms with Gasteiger partial charge in [0.2, 0.25) is 0 Å². The largest absolute Gasteiger partial charge is 0.493 e. The molecule has 112 valence electrons. The van der Waals surface area contributed by atoms with Gasteiger partial charge in [0.1, 0.15) is 0 Å². The lowest BCUT2D eigenvalue weighted by atomic mass is 10.1. The summed E-state index contributed by atoms with van der Waals surface area (Å²) in [4.78, 5) is 11.9. The molecule has 0 bridgehead atoms. The highest BCUT2D eigenvalue weighted by Crippen LogP contribution is 2.27. The molecular weight excluding hydrogens is 256 g/mol. The molecule has 1 rings (SSSR count). The minimum atomic E-state index is -0.318. The summed E-state index contributed by atoms with van der Waals surface area (Å²) < 4.78 is 15.5. The zero-order valence-corrected chi connectivity index (χ0v) is 12.6. The van der Waals surface area contributed by atoms with Gasteiger partial charge in [-0.25, -0.2) is 4.79 Å². The molecule has 0 amide bonds. The summed E-state index contributed by atoms with van der Waals surface area (Å²) >= 11 is 0. The van der Waals surface area contributed by atoms with Crippen LogP contribution in [-0.2, 0) is 4.74 Å². The average Bonchev–Trinajstić information content (AvgIpc) is 2.49. The Hall–Kier alpha value is -1.71. The first-order chi connectivity index (χ1) is 9.72. The standard InChI is InChI=1S/C16H24O4/c1-4-5-6-7-8-11-20-16(17)13-9-10-14(18-2)15(12-13)19-3/h9-10,12H,4-8,11H2,1-3H3. The maximum absolute atomic E-state index is 11.9. The molecule has 0 aliphatic rings. The van der Waals surface area contributed by atoms with Crippen molar-refractivity contribution in [2.75, 3.05) is 20.8 Å². The molecule has 0 aliphatic heterocycles. The SMILES string of the molecule is CCCCCCCOC(=O)c1ccc(OC)c(OC)c1. The van der Waals surface area contributed by atoms with Crippen molar-refractivity contribution in [1.82, 2.24) is 0 Å². The summed E-state index contributed by atoms with van der Waals surface area (Å²) in [5.41, 5.74) is 0.483. The fraction of sp³-hybridized carbons (Fsp3) is 0.562. The Balaban J connectivity index is 2.43. The second-order valence-corrected chi connectivity index (χ2v) is 4.62. The molecule has 4 nitrogen and oxygen atoms in total. The molecule has 0 fully saturated rings. The maximum atomic E-state index is 11.9. The van der Waals surface area contributed by atoms with Crippen LogP contribution in [0, 0.1) is 0 Å². The highest BCUT2D eigenvalue weighted by atomic mass is 16.5. The van der Waals surface area contributed by atoms with Crippen LogP contribution in [0.4, 0.5) is 0 Å². The van der Waals surface area contributed by atoms with E-state index in [4.69, 9.17) is 14.2 Å². The number of carbonyl (C=O) groups is 1. The number of unbranched alkanes of at least 4 members (excludes halogenated alkanes) is 4. The summed E-state index contributed by atoms with van der Waals surface area (Å²) in [6.45, 7) is 2.65. The van der Waals surface area contributed by atoms with Crippen LogP contribution in [0.1, 0.15) is 49.4 Å². The highest BCUT2D eigenvalue weighted by Gasteiger charge is 2.11. The van der Waals surface area contributed by atoms with Gasteiger partial charge in [-0.15, -0.1) is 0 Å². The minimum Gasteiger partial charge on any atom is -0.493 e. The number of benzene rings is 1. The van der Waals surface area contributed by atoms with E-state index in [-0.39, 0.29) is 5.97 Å². The smallest absolute Gasteiger partial charge is 0.338 e. The minimum absolute atomic E-state index is 0.318. The van der Waals surface area contributed by atoms with Crippen LogP contribution in [0.3, 0.4) is 0 Å². The van der Waals surface area contributed by atoms with Crippen LogP contribution < -0.4 is 9.47 Å². The van der Waals surface area contributed by atoms with Crippen LogP contribution in [0.5, 0.6) is 11.5 Å². The zero-order valence-electron chi connectivity index (χ0n) is 12.6. The third-order valence-electron chi connectivity index (χ3n) is 3.10. The third-order valence-corrected chi connectivity index (χ3v) is 3.10. The van der Waals surface area contributed by atoms with E-state index in [1.54, 1.807) is 32.4 Å². The van der Waals surface area contributed by atoms with Crippen LogP contribution in [0.2, 0.25) is 0 Å². The van der Waals surface area contributed by atoms with Gasteiger partial charge in [-0.05, 0) is 24.6 Å². The molecule has 0 saturated carbocycles. The van der Waals surface area contributed by atoms with Crippen molar-refractivity contribution in [3.05, 3.63) is 23.8 Å². The molecule has 0 radical (unpaired) electrons. The summed E-state index contributed by atoms with van der Waals surface area (Å²) in [5.74, 6) is 0.815. The van der Waals surface area contributed by atoms with Crippen LogP contribution >= 0.6 is 0 Å². The lowest BCUT2D eigenvalue weighted by Gasteiger charge is -2.09. The summed E-state index contributed by atoms with van der Waals surface area (Å²) in [7, 11) is 3.10. The van der Waals surface area contributed by atoms with E-state index in [2.05, 4.69) is 6.92 Å². The lowest BCUT2D eigenvalue weighted by Crippen LogP contribution is -2.07. The first-order valence-electron chi connectivity index (χ1n) is 7.12. The van der Waals surface area contributed by atoms with Gasteiger partial charge in [0.25, 0.3) is 0 Å². The molecule has 0 aliphatic carbocycles. The molecule has 0 saturated heterocycles. The van der Waals surface area contributed by atoms with E-state index in [0.29, 0.717) is 23.7 Å². The van der Waals surface area contributed by atoms with Gasteiger partial charge < -0.3 is 14.2 Å². The molecule has 0 atom stereocenters. The number of esters is 1. The molecule has 0 aromatic heterocycles. The third kappa shape index (κ3) is 5.11. The van der Waals surface area contributed by atoms with Crippen LogP contribution in [0.25, 0.3) is 0 Å². The topological polar surface area (TPSA) is 44.8 Å². The fourth-order valence-electron chi connectivity index (χ4n) is 1.92. The van der Waals surface area contributed by atoms with Gasteiger partial charge in [-0.3, -0.25) is 0 Å². The average molecular weight is 280 g/mol. The molecule has 0 heterocycles. The zero-order chi connectivity index (χ0) is 14.8. The van der Waals surface area contributed by atoms with Gasteiger partial charge in [0.05, 0.1) is 26.4 Å². The molecular formula is C16H24O4. The molecule has 1 aromatic carbocycles. The van der Waals surface area contributed by atoms with Gasteiger partial charge in [-0.1, -0.05) is 32.6 Å². The Kier molecular flexibility index (Phi) is 7.55. The summed E-state index contributed by atoms with van der Waals surface area (Å²) in [5, 5.41) is 0. The van der Waals surface area contributed by atoms with E-state index in [9.17, 15) is 4.79 Å². The fourth-order valence-corrected chi connectivity index (χ4v) is 1.92. The van der Waals surface area contributed by atoms with Crippen molar-refractivity contribution in [2.45, 2.75) is 39.0 Å². The maximum Gasteiger partial charge on any atom is 0.338 e. The van der Waals surface area contributed by atoms with Gasteiger partial charge >= 0.3 is 5.97 Å². The Morgan fingerprint density at radius 1 is 1.00 bits per heavy atom. The Morgan fingerprint density at radius 3 is 2.35 bits per heavy atom. The first kappa shape index (κ1) is 16.3. The summed E-state index contributed by atoms with van der Waals surface area (Å²) in [6, 6.07) is 5.02. The second-order valence-electron chi connectivity index (χ2n) is 4.62. The number of methoxy groups -OCH3 is 2. The number of rotatable bonds is 9. The van der Waals surface area contributed by atoms with E-state index in [0.717, 1.165) is 12.8 Å². The molecule has 0 unspecified atom stereocenters. The van der Waals surface area contributed by atoms with Crippen molar-refractivity contribution in [3.8, 4) is 11.5 Å².